The van der Waals surface area contributed by atoms with Crippen LogP contribution < -0.4 is 4.74 Å². The topological polar surface area (TPSA) is 76.1 Å². The molecule has 0 saturated carbocycles. The van der Waals surface area contributed by atoms with Gasteiger partial charge in [0.25, 0.3) is 11.7 Å². The van der Waals surface area contributed by atoms with Crippen LogP contribution in [-0.4, -0.2) is 48.6 Å². The maximum atomic E-state index is 13.0. The average molecular weight is 476 g/mol. The van der Waals surface area contributed by atoms with E-state index in [9.17, 15) is 14.7 Å². The first kappa shape index (κ1) is 23.9. The van der Waals surface area contributed by atoms with Gasteiger partial charge in [0.2, 0.25) is 0 Å². The number of rotatable bonds is 9. The number of ketones is 1. The van der Waals surface area contributed by atoms with Crippen molar-refractivity contribution in [3.05, 3.63) is 81.9 Å². The fraction of sp³-hybridized carbons (Fsp3) is 0.250. The van der Waals surface area contributed by atoms with E-state index in [0.717, 1.165) is 0 Å². The van der Waals surface area contributed by atoms with E-state index < -0.39 is 17.7 Å². The number of hydrogen-bond donors (Lipinski definition) is 1. The molecule has 0 spiro atoms. The molecule has 1 aliphatic rings. The summed E-state index contributed by atoms with van der Waals surface area (Å²) in [5, 5.41) is 11.7. The second-order valence-corrected chi connectivity index (χ2v) is 7.95. The molecule has 0 bridgehead atoms. The molecule has 1 amide bonds. The number of methoxy groups -OCH3 is 1. The van der Waals surface area contributed by atoms with E-state index in [-0.39, 0.29) is 22.9 Å². The van der Waals surface area contributed by atoms with Gasteiger partial charge in [-0.05, 0) is 48.4 Å². The van der Waals surface area contributed by atoms with Crippen LogP contribution in [0.25, 0.3) is 5.76 Å². The maximum Gasteiger partial charge on any atom is 0.295 e. The molecule has 3 rings (SSSR count). The summed E-state index contributed by atoms with van der Waals surface area (Å²) in [6, 6.07) is 10.7. The molecular weight excluding hydrogens is 453 g/mol. The third-order valence-electron chi connectivity index (χ3n) is 5.04. The number of aliphatic hydroxyl groups excluding tert-OH is 1. The fourth-order valence-electron chi connectivity index (χ4n) is 3.54. The summed E-state index contributed by atoms with van der Waals surface area (Å²) in [6.07, 6.45) is 2.15. The van der Waals surface area contributed by atoms with Crippen LogP contribution in [0.15, 0.2) is 60.7 Å². The lowest BCUT2D eigenvalue weighted by Gasteiger charge is -2.25. The molecule has 8 heteroatoms. The summed E-state index contributed by atoms with van der Waals surface area (Å²) in [4.78, 5) is 27.3. The van der Waals surface area contributed by atoms with E-state index in [0.29, 0.717) is 41.5 Å². The van der Waals surface area contributed by atoms with Gasteiger partial charge in [-0.1, -0.05) is 41.9 Å². The Morgan fingerprint density at radius 3 is 2.50 bits per heavy atom. The Morgan fingerprint density at radius 1 is 1.16 bits per heavy atom. The van der Waals surface area contributed by atoms with Gasteiger partial charge in [-0.2, -0.15) is 0 Å². The Labute approximate surface area is 196 Å². The second-order valence-electron chi connectivity index (χ2n) is 7.14. The van der Waals surface area contributed by atoms with Crippen molar-refractivity contribution in [3.8, 4) is 5.75 Å². The molecule has 0 aliphatic carbocycles. The van der Waals surface area contributed by atoms with E-state index in [1.807, 2.05) is 0 Å². The number of hydrogen-bond acceptors (Lipinski definition) is 5. The number of halogens is 2. The van der Waals surface area contributed by atoms with E-state index in [2.05, 4.69) is 6.58 Å². The molecule has 0 aromatic heterocycles. The maximum absolute atomic E-state index is 13.0. The van der Waals surface area contributed by atoms with Crippen molar-refractivity contribution in [1.82, 2.24) is 4.90 Å². The Balaban J connectivity index is 2.07. The third kappa shape index (κ3) is 4.99. The van der Waals surface area contributed by atoms with Crippen molar-refractivity contribution in [1.29, 1.82) is 0 Å². The van der Waals surface area contributed by atoms with Gasteiger partial charge in [-0.3, -0.25) is 9.59 Å². The standard InChI is InChI=1S/C24H23Cl2NO5/c1-3-12-32-17-8-5-15(6-9-17)22(28)20-21(16-7-10-18(25)19(26)14-16)27(11-4-13-31-2)24(30)23(20)29/h3,5-10,14,21,28H,1,4,11-13H2,2H3/b22-20+. The molecule has 1 atom stereocenters. The number of amides is 1. The Kier molecular flexibility index (Phi) is 7.96. The first-order chi connectivity index (χ1) is 15.4. The minimum Gasteiger partial charge on any atom is -0.507 e. The van der Waals surface area contributed by atoms with Gasteiger partial charge >= 0.3 is 0 Å². The van der Waals surface area contributed by atoms with Gasteiger partial charge in [0.15, 0.2) is 0 Å². The monoisotopic (exact) mass is 475 g/mol. The van der Waals surface area contributed by atoms with Crippen LogP contribution >= 0.6 is 23.2 Å². The van der Waals surface area contributed by atoms with Gasteiger partial charge < -0.3 is 19.5 Å². The molecule has 1 saturated heterocycles. The lowest BCUT2D eigenvalue weighted by Crippen LogP contribution is -2.31. The van der Waals surface area contributed by atoms with Crippen molar-refractivity contribution in [2.24, 2.45) is 0 Å². The third-order valence-corrected chi connectivity index (χ3v) is 5.78. The Hall–Kier alpha value is -2.80. The molecule has 1 fully saturated rings. The highest BCUT2D eigenvalue weighted by Gasteiger charge is 2.45. The molecule has 2 aromatic rings. The first-order valence-corrected chi connectivity index (χ1v) is 10.7. The van der Waals surface area contributed by atoms with Gasteiger partial charge in [0, 0.05) is 25.8 Å². The molecule has 1 unspecified atom stereocenters. The van der Waals surface area contributed by atoms with Crippen LogP contribution in [0.5, 0.6) is 5.75 Å². The zero-order valence-electron chi connectivity index (χ0n) is 17.5. The molecule has 1 heterocycles. The summed E-state index contributed by atoms with van der Waals surface area (Å²) in [5.74, 6) is -1.14. The number of carbonyl (C=O) groups is 2. The minimum absolute atomic E-state index is 0.00874. The Morgan fingerprint density at radius 2 is 1.88 bits per heavy atom. The Bertz CT molecular complexity index is 1050. The minimum atomic E-state index is -0.807. The lowest BCUT2D eigenvalue weighted by atomic mass is 9.95. The van der Waals surface area contributed by atoms with Crippen molar-refractivity contribution in [2.75, 3.05) is 26.9 Å². The molecule has 168 valence electrons. The molecule has 6 nitrogen and oxygen atoms in total. The zero-order valence-corrected chi connectivity index (χ0v) is 19.0. The van der Waals surface area contributed by atoms with Gasteiger partial charge in [0.05, 0.1) is 21.7 Å². The van der Waals surface area contributed by atoms with Crippen molar-refractivity contribution < 1.29 is 24.2 Å². The normalized spacial score (nSPS) is 17.6. The second kappa shape index (κ2) is 10.7. The predicted molar refractivity (Wildman–Crippen MR) is 124 cm³/mol. The summed E-state index contributed by atoms with van der Waals surface area (Å²) in [5.41, 5.74) is 0.949. The molecule has 1 N–H and O–H groups in total. The van der Waals surface area contributed by atoms with Crippen LogP contribution in [0.4, 0.5) is 0 Å². The number of benzene rings is 2. The summed E-state index contributed by atoms with van der Waals surface area (Å²) < 4.78 is 10.5. The molecule has 1 aliphatic heterocycles. The largest absolute Gasteiger partial charge is 0.507 e. The summed E-state index contributed by atoms with van der Waals surface area (Å²) in [6.45, 7) is 4.63. The number of Topliss-reactive ketones (excluding diaryl/α,β-unsaturated/α-hetero) is 1. The zero-order chi connectivity index (χ0) is 23.3. The fourth-order valence-corrected chi connectivity index (χ4v) is 3.85. The van der Waals surface area contributed by atoms with Crippen LogP contribution in [0.2, 0.25) is 10.0 Å². The average Bonchev–Trinajstić information content (AvgIpc) is 3.04. The predicted octanol–water partition coefficient (Wildman–Crippen LogP) is 5.02. The highest BCUT2D eigenvalue weighted by Crippen LogP contribution is 2.41. The van der Waals surface area contributed by atoms with Crippen LogP contribution in [0.1, 0.15) is 23.6 Å². The van der Waals surface area contributed by atoms with Crippen LogP contribution in [-0.2, 0) is 14.3 Å². The van der Waals surface area contributed by atoms with Gasteiger partial charge in [-0.15, -0.1) is 0 Å². The van der Waals surface area contributed by atoms with Crippen molar-refractivity contribution >= 4 is 40.7 Å². The van der Waals surface area contributed by atoms with Gasteiger partial charge in [-0.25, -0.2) is 0 Å². The summed E-state index contributed by atoms with van der Waals surface area (Å²) >= 11 is 12.3. The molecular formula is C24H23Cl2NO5. The quantitative estimate of drug-likeness (QED) is 0.181. The van der Waals surface area contributed by atoms with Crippen molar-refractivity contribution in [3.63, 3.8) is 0 Å². The van der Waals surface area contributed by atoms with Crippen molar-refractivity contribution in [2.45, 2.75) is 12.5 Å². The number of carbonyl (C=O) groups excluding carboxylic acids is 2. The van der Waals surface area contributed by atoms with E-state index in [4.69, 9.17) is 32.7 Å². The van der Waals surface area contributed by atoms with E-state index >= 15 is 0 Å². The number of nitrogens with zero attached hydrogens (tertiary/aromatic N) is 1. The lowest BCUT2D eigenvalue weighted by molar-refractivity contribution is -0.140. The molecule has 2 aromatic carbocycles. The number of aliphatic hydroxyl groups is 1. The number of ether oxygens (including phenoxy) is 2. The first-order valence-electron chi connectivity index (χ1n) is 9.95. The summed E-state index contributed by atoms with van der Waals surface area (Å²) in [7, 11) is 1.56. The highest BCUT2D eigenvalue weighted by molar-refractivity contribution is 6.46. The SMILES string of the molecule is C=CCOc1ccc(/C(O)=C2\C(=O)C(=O)N(CCCOC)C2c2ccc(Cl)c(Cl)c2)cc1. The highest BCUT2D eigenvalue weighted by atomic mass is 35.5. The molecule has 0 radical (unpaired) electrons. The van der Waals surface area contributed by atoms with Crippen LogP contribution in [0.3, 0.4) is 0 Å². The number of likely N-dealkylation sites (tertiary alicyclic amines) is 1. The van der Waals surface area contributed by atoms with Crippen LogP contribution in [0, 0.1) is 0 Å². The van der Waals surface area contributed by atoms with E-state index in [1.54, 1.807) is 55.7 Å². The smallest absolute Gasteiger partial charge is 0.295 e. The van der Waals surface area contributed by atoms with Gasteiger partial charge in [0.1, 0.15) is 18.1 Å². The molecule has 32 heavy (non-hydrogen) atoms. The van der Waals surface area contributed by atoms with E-state index in [1.165, 1.54) is 4.90 Å².